The number of hydrogen-bond donors (Lipinski definition) is 0. The first kappa shape index (κ1) is 20.2. The third kappa shape index (κ3) is 4.73. The molecule has 0 radical (unpaired) electrons. The van der Waals surface area contributed by atoms with Crippen molar-refractivity contribution in [3.05, 3.63) is 39.0 Å². The summed E-state index contributed by atoms with van der Waals surface area (Å²) < 4.78 is 43.7. The topological polar surface area (TPSA) is 65.1 Å². The highest BCUT2D eigenvalue weighted by atomic mass is 79.9. The second-order valence-electron chi connectivity index (χ2n) is 5.05. The van der Waals surface area contributed by atoms with Gasteiger partial charge in [-0.25, -0.2) is 8.42 Å². The summed E-state index contributed by atoms with van der Waals surface area (Å²) >= 11 is 4.84. The van der Waals surface area contributed by atoms with E-state index in [1.165, 1.54) is 35.9 Å². The minimum atomic E-state index is -3.76. The molecule has 0 fully saturated rings. The van der Waals surface area contributed by atoms with Gasteiger partial charge >= 0.3 is 0 Å². The second kappa shape index (κ2) is 9.00. The number of halogens is 1. The van der Waals surface area contributed by atoms with Crippen LogP contribution in [0.3, 0.4) is 0 Å². The van der Waals surface area contributed by atoms with Gasteiger partial charge in [0.15, 0.2) is 11.5 Å². The van der Waals surface area contributed by atoms with E-state index in [1.54, 1.807) is 13.2 Å². The summed E-state index contributed by atoms with van der Waals surface area (Å²) in [5, 5.41) is 1.92. The predicted octanol–water partition coefficient (Wildman–Crippen LogP) is 3.37. The Morgan fingerprint density at radius 3 is 2.40 bits per heavy atom. The zero-order chi connectivity index (χ0) is 18.4. The van der Waals surface area contributed by atoms with Gasteiger partial charge in [0, 0.05) is 35.6 Å². The van der Waals surface area contributed by atoms with E-state index >= 15 is 0 Å². The van der Waals surface area contributed by atoms with Crippen LogP contribution in [-0.4, -0.2) is 47.2 Å². The molecule has 0 aliphatic rings. The highest BCUT2D eigenvalue weighted by Crippen LogP contribution is 2.37. The van der Waals surface area contributed by atoms with Gasteiger partial charge in [0.05, 0.1) is 20.8 Å². The molecule has 0 N–H and O–H groups in total. The standard InChI is InChI=1S/C16H20BrNO5S2/c1-21-7-6-18(11-12-5-4-8-24-12)25(19,20)16-10-15(23-3)14(22-2)9-13(16)17/h4-5,8-10H,6-7,11H2,1-3H3. The predicted molar refractivity (Wildman–Crippen MR) is 101 cm³/mol. The normalized spacial score (nSPS) is 11.7. The molecule has 25 heavy (non-hydrogen) atoms. The second-order valence-corrected chi connectivity index (χ2v) is 8.84. The zero-order valence-corrected chi connectivity index (χ0v) is 17.4. The van der Waals surface area contributed by atoms with Crippen LogP contribution in [0, 0.1) is 0 Å². The van der Waals surface area contributed by atoms with Crippen molar-refractivity contribution in [2.75, 3.05) is 34.5 Å². The van der Waals surface area contributed by atoms with Gasteiger partial charge in [0.1, 0.15) is 4.90 Å². The van der Waals surface area contributed by atoms with Gasteiger partial charge in [0.25, 0.3) is 0 Å². The Morgan fingerprint density at radius 1 is 1.16 bits per heavy atom. The third-order valence-electron chi connectivity index (χ3n) is 3.51. The number of nitrogens with zero attached hydrogens (tertiary/aromatic N) is 1. The summed E-state index contributed by atoms with van der Waals surface area (Å²) in [6.45, 7) is 0.831. The Balaban J connectivity index is 2.44. The number of ether oxygens (including phenoxy) is 3. The highest BCUT2D eigenvalue weighted by Gasteiger charge is 2.28. The van der Waals surface area contributed by atoms with Crippen LogP contribution < -0.4 is 9.47 Å². The first-order valence-corrected chi connectivity index (χ1v) is 10.5. The van der Waals surface area contributed by atoms with Gasteiger partial charge in [-0.15, -0.1) is 11.3 Å². The average molecular weight is 450 g/mol. The minimum Gasteiger partial charge on any atom is -0.493 e. The molecule has 1 aromatic carbocycles. The van der Waals surface area contributed by atoms with Gasteiger partial charge in [-0.05, 0) is 33.4 Å². The molecule has 2 rings (SSSR count). The lowest BCUT2D eigenvalue weighted by Gasteiger charge is -2.22. The number of benzene rings is 1. The Labute approximate surface area is 160 Å². The Morgan fingerprint density at radius 2 is 1.84 bits per heavy atom. The number of sulfonamides is 1. The number of thiophene rings is 1. The number of methoxy groups -OCH3 is 3. The van der Waals surface area contributed by atoms with E-state index in [2.05, 4.69) is 15.9 Å². The van der Waals surface area contributed by atoms with Crippen molar-refractivity contribution in [3.63, 3.8) is 0 Å². The van der Waals surface area contributed by atoms with E-state index in [-0.39, 0.29) is 18.0 Å². The van der Waals surface area contributed by atoms with Crippen LogP contribution in [0.25, 0.3) is 0 Å². The molecule has 1 heterocycles. The van der Waals surface area contributed by atoms with E-state index in [0.717, 1.165) is 4.88 Å². The monoisotopic (exact) mass is 449 g/mol. The molecule has 9 heteroatoms. The van der Waals surface area contributed by atoms with Crippen molar-refractivity contribution < 1.29 is 22.6 Å². The minimum absolute atomic E-state index is 0.123. The molecule has 0 aliphatic carbocycles. The molecular formula is C16H20BrNO5S2. The van der Waals surface area contributed by atoms with Crippen LogP contribution in [0.2, 0.25) is 0 Å². The lowest BCUT2D eigenvalue weighted by Crippen LogP contribution is -2.33. The maximum absolute atomic E-state index is 13.2. The van der Waals surface area contributed by atoms with Crippen molar-refractivity contribution in [2.24, 2.45) is 0 Å². The van der Waals surface area contributed by atoms with Crippen LogP contribution in [-0.2, 0) is 21.3 Å². The molecule has 2 aromatic rings. The van der Waals surface area contributed by atoms with Crippen molar-refractivity contribution >= 4 is 37.3 Å². The lowest BCUT2D eigenvalue weighted by molar-refractivity contribution is 0.177. The van der Waals surface area contributed by atoms with Crippen LogP contribution in [0.4, 0.5) is 0 Å². The fraction of sp³-hybridized carbons (Fsp3) is 0.375. The summed E-state index contributed by atoms with van der Waals surface area (Å²) in [6, 6.07) is 6.86. The molecule has 1 aromatic heterocycles. The third-order valence-corrected chi connectivity index (χ3v) is 7.18. The van der Waals surface area contributed by atoms with Crippen molar-refractivity contribution in [2.45, 2.75) is 11.4 Å². The fourth-order valence-electron chi connectivity index (χ4n) is 2.23. The van der Waals surface area contributed by atoms with Gasteiger partial charge in [0.2, 0.25) is 10.0 Å². The summed E-state index contributed by atoms with van der Waals surface area (Å²) in [4.78, 5) is 1.08. The van der Waals surface area contributed by atoms with Crippen molar-refractivity contribution in [1.29, 1.82) is 0 Å². The molecule has 0 saturated heterocycles. The zero-order valence-electron chi connectivity index (χ0n) is 14.2. The molecule has 138 valence electrons. The Hall–Kier alpha value is -1.13. The summed E-state index contributed by atoms with van der Waals surface area (Å²) in [7, 11) is 0.753. The quantitative estimate of drug-likeness (QED) is 0.586. The molecule has 0 amide bonds. The van der Waals surface area contributed by atoms with Crippen LogP contribution in [0.15, 0.2) is 39.0 Å². The Kier molecular flexibility index (Phi) is 7.26. The van der Waals surface area contributed by atoms with Crippen LogP contribution in [0.1, 0.15) is 4.88 Å². The molecule has 0 bridgehead atoms. The number of hydrogen-bond acceptors (Lipinski definition) is 6. The first-order chi connectivity index (χ1) is 11.9. The van der Waals surface area contributed by atoms with E-state index in [4.69, 9.17) is 14.2 Å². The average Bonchev–Trinajstić information content (AvgIpc) is 3.11. The molecule has 0 unspecified atom stereocenters. The molecular weight excluding hydrogens is 430 g/mol. The van der Waals surface area contributed by atoms with Gasteiger partial charge in [-0.1, -0.05) is 6.07 Å². The van der Waals surface area contributed by atoms with E-state index in [1.807, 2.05) is 17.5 Å². The van der Waals surface area contributed by atoms with Crippen LogP contribution >= 0.6 is 27.3 Å². The van der Waals surface area contributed by atoms with Gasteiger partial charge in [-0.2, -0.15) is 4.31 Å². The molecule has 0 aliphatic heterocycles. The van der Waals surface area contributed by atoms with Crippen LogP contribution in [0.5, 0.6) is 11.5 Å². The SMILES string of the molecule is COCCN(Cc1cccs1)S(=O)(=O)c1cc(OC)c(OC)cc1Br. The number of rotatable bonds is 9. The van der Waals surface area contributed by atoms with E-state index < -0.39 is 10.0 Å². The molecule has 6 nitrogen and oxygen atoms in total. The maximum Gasteiger partial charge on any atom is 0.244 e. The Bertz CT molecular complexity index is 793. The van der Waals surface area contributed by atoms with E-state index in [9.17, 15) is 8.42 Å². The molecule has 0 spiro atoms. The van der Waals surface area contributed by atoms with E-state index in [0.29, 0.717) is 22.6 Å². The smallest absolute Gasteiger partial charge is 0.244 e. The molecule has 0 saturated carbocycles. The summed E-state index contributed by atoms with van der Waals surface area (Å²) in [5.74, 6) is 0.808. The van der Waals surface area contributed by atoms with Gasteiger partial charge in [-0.3, -0.25) is 0 Å². The van der Waals surface area contributed by atoms with Gasteiger partial charge < -0.3 is 14.2 Å². The maximum atomic E-state index is 13.2. The summed E-state index contributed by atoms with van der Waals surface area (Å²) in [5.41, 5.74) is 0. The van der Waals surface area contributed by atoms with Crippen molar-refractivity contribution in [1.82, 2.24) is 4.31 Å². The lowest BCUT2D eigenvalue weighted by atomic mass is 10.3. The molecule has 0 atom stereocenters. The highest BCUT2D eigenvalue weighted by molar-refractivity contribution is 9.10. The van der Waals surface area contributed by atoms with Crippen molar-refractivity contribution in [3.8, 4) is 11.5 Å². The fourth-order valence-corrected chi connectivity index (χ4v) is 5.43. The first-order valence-electron chi connectivity index (χ1n) is 7.37. The summed E-state index contributed by atoms with van der Waals surface area (Å²) in [6.07, 6.45) is 0. The largest absolute Gasteiger partial charge is 0.493 e.